The molecule has 34 heavy (non-hydrogen) atoms. The van der Waals surface area contributed by atoms with E-state index in [0.29, 0.717) is 0 Å². The lowest BCUT2D eigenvalue weighted by molar-refractivity contribution is 1.65. The first-order valence-corrected chi connectivity index (χ1v) is 14.2. The summed E-state index contributed by atoms with van der Waals surface area (Å²) >= 11 is 0. The Hall–Kier alpha value is -3.30. The Morgan fingerprint density at radius 2 is 0.706 bits per heavy atom. The first kappa shape index (κ1) is 22.5. The van der Waals surface area contributed by atoms with Crippen LogP contribution in [-0.2, 0) is 0 Å². The molecule has 0 aromatic heterocycles. The topological polar surface area (TPSA) is 0 Å². The molecule has 0 fully saturated rings. The fourth-order valence-corrected chi connectivity index (χ4v) is 9.04. The first-order valence-electron chi connectivity index (χ1n) is 11.5. The van der Waals surface area contributed by atoms with Gasteiger partial charge in [-0.25, -0.2) is 0 Å². The number of benzene rings is 5. The Morgan fingerprint density at radius 3 is 1.09 bits per heavy atom. The van der Waals surface area contributed by atoms with Crippen LogP contribution >= 0.6 is 15.8 Å². The van der Waals surface area contributed by atoms with E-state index >= 15 is 0 Å². The van der Waals surface area contributed by atoms with E-state index in [2.05, 4.69) is 157 Å². The summed E-state index contributed by atoms with van der Waals surface area (Å²) in [7, 11) is -1.40. The van der Waals surface area contributed by atoms with Crippen molar-refractivity contribution in [3.05, 3.63) is 163 Å². The molecule has 0 N–H and O–H groups in total. The molecule has 0 bridgehead atoms. The van der Waals surface area contributed by atoms with Gasteiger partial charge in [-0.15, -0.1) is 0 Å². The zero-order valence-electron chi connectivity index (χ0n) is 18.9. The molecule has 0 amide bonds. The van der Waals surface area contributed by atoms with Crippen molar-refractivity contribution >= 4 is 42.4 Å². The van der Waals surface area contributed by atoms with Crippen molar-refractivity contribution in [1.82, 2.24) is 0 Å². The Labute approximate surface area is 205 Å². The lowest BCUT2D eigenvalue weighted by Crippen LogP contribution is -2.14. The standard InChI is InChI=1S/C32H26P2/c1-6-16-27(17-7-1)32(34(30-22-12-4-13-23-30)31-24-14-5-15-25-31)26-33(28-18-8-2-9-19-28)29-20-10-3-11-21-29/h1-26H/b32-26+. The molecular weight excluding hydrogens is 446 g/mol. The molecule has 5 aromatic rings. The Morgan fingerprint density at radius 1 is 0.382 bits per heavy atom. The Balaban J connectivity index is 1.76. The maximum absolute atomic E-state index is 2.57. The van der Waals surface area contributed by atoms with Gasteiger partial charge in [-0.3, -0.25) is 0 Å². The van der Waals surface area contributed by atoms with Gasteiger partial charge in [0.05, 0.1) is 0 Å². The highest BCUT2D eigenvalue weighted by Gasteiger charge is 2.23. The predicted octanol–water partition coefficient (Wildman–Crippen LogP) is 7.25. The molecule has 0 heterocycles. The quantitative estimate of drug-likeness (QED) is 0.219. The maximum atomic E-state index is 2.57. The van der Waals surface area contributed by atoms with E-state index in [9.17, 15) is 0 Å². The summed E-state index contributed by atoms with van der Waals surface area (Å²) in [6.45, 7) is 0. The van der Waals surface area contributed by atoms with Gasteiger partial charge < -0.3 is 0 Å². The largest absolute Gasteiger partial charge is 0.0622 e. The van der Waals surface area contributed by atoms with E-state index in [0.717, 1.165) is 0 Å². The second-order valence-electron chi connectivity index (χ2n) is 7.93. The molecule has 0 radical (unpaired) electrons. The third-order valence-electron chi connectivity index (χ3n) is 5.66. The lowest BCUT2D eigenvalue weighted by atomic mass is 10.2. The smallest absolute Gasteiger partial charge is 0.00676 e. The minimum atomic E-state index is -0.727. The third kappa shape index (κ3) is 5.26. The van der Waals surface area contributed by atoms with Gasteiger partial charge in [0.25, 0.3) is 0 Å². The summed E-state index contributed by atoms with van der Waals surface area (Å²) in [5, 5.41) is 6.89. The highest BCUT2D eigenvalue weighted by atomic mass is 31.1. The summed E-state index contributed by atoms with van der Waals surface area (Å²) in [5.74, 6) is 2.57. The van der Waals surface area contributed by atoms with E-state index in [1.165, 1.54) is 32.1 Å². The highest BCUT2D eigenvalue weighted by Crippen LogP contribution is 2.53. The normalized spacial score (nSPS) is 11.6. The van der Waals surface area contributed by atoms with Crippen LogP contribution in [0.3, 0.4) is 0 Å². The van der Waals surface area contributed by atoms with Crippen molar-refractivity contribution < 1.29 is 0 Å². The van der Waals surface area contributed by atoms with Crippen LogP contribution in [0.1, 0.15) is 5.56 Å². The first-order chi connectivity index (χ1) is 16.9. The van der Waals surface area contributed by atoms with Crippen LogP contribution < -0.4 is 21.2 Å². The summed E-state index contributed by atoms with van der Waals surface area (Å²) < 4.78 is 0. The molecular formula is C32H26P2. The maximum Gasteiger partial charge on any atom is -0.00676 e. The Kier molecular flexibility index (Phi) is 7.42. The lowest BCUT2D eigenvalue weighted by Gasteiger charge is -2.25. The predicted molar refractivity (Wildman–Crippen MR) is 153 cm³/mol. The summed E-state index contributed by atoms with van der Waals surface area (Å²) in [6, 6.07) is 54.8. The van der Waals surface area contributed by atoms with E-state index in [4.69, 9.17) is 0 Å². The molecule has 0 aliphatic carbocycles. The van der Waals surface area contributed by atoms with Gasteiger partial charge in [-0.05, 0) is 53.8 Å². The molecule has 5 rings (SSSR count). The minimum absolute atomic E-state index is 0.673. The van der Waals surface area contributed by atoms with Crippen LogP contribution in [0, 0.1) is 0 Å². The molecule has 0 unspecified atom stereocenters. The highest BCUT2D eigenvalue weighted by molar-refractivity contribution is 7.84. The van der Waals surface area contributed by atoms with Gasteiger partial charge in [0, 0.05) is 0 Å². The third-order valence-corrected chi connectivity index (χ3v) is 10.6. The van der Waals surface area contributed by atoms with Gasteiger partial charge in [-0.1, -0.05) is 152 Å². The van der Waals surface area contributed by atoms with Crippen LogP contribution in [0.25, 0.3) is 5.31 Å². The summed E-state index contributed by atoms with van der Waals surface area (Å²) in [4.78, 5) is 0. The van der Waals surface area contributed by atoms with Crippen molar-refractivity contribution in [1.29, 1.82) is 0 Å². The molecule has 0 saturated heterocycles. The fourth-order valence-electron chi connectivity index (χ4n) is 4.05. The average molecular weight is 473 g/mol. The van der Waals surface area contributed by atoms with Gasteiger partial charge in [0.1, 0.15) is 0 Å². The fraction of sp³-hybridized carbons (Fsp3) is 0. The Bertz CT molecular complexity index is 1240. The molecule has 0 atom stereocenters. The molecule has 2 heteroatoms. The minimum Gasteiger partial charge on any atom is -0.0622 e. The number of rotatable bonds is 7. The van der Waals surface area contributed by atoms with Crippen LogP contribution in [0.5, 0.6) is 0 Å². The number of hydrogen-bond donors (Lipinski definition) is 0. The summed E-state index contributed by atoms with van der Waals surface area (Å²) in [6.07, 6.45) is 0. The average Bonchev–Trinajstić information content (AvgIpc) is 2.93. The van der Waals surface area contributed by atoms with E-state index < -0.39 is 15.8 Å². The van der Waals surface area contributed by atoms with Gasteiger partial charge in [-0.2, -0.15) is 0 Å². The van der Waals surface area contributed by atoms with Crippen LogP contribution in [-0.4, -0.2) is 0 Å². The molecule has 0 saturated carbocycles. The number of hydrogen-bond acceptors (Lipinski definition) is 0. The van der Waals surface area contributed by atoms with E-state index in [-0.39, 0.29) is 0 Å². The monoisotopic (exact) mass is 472 g/mol. The van der Waals surface area contributed by atoms with Crippen molar-refractivity contribution in [2.24, 2.45) is 0 Å². The van der Waals surface area contributed by atoms with Crippen molar-refractivity contribution in [2.75, 3.05) is 0 Å². The molecule has 5 aromatic carbocycles. The molecule has 164 valence electrons. The van der Waals surface area contributed by atoms with Crippen molar-refractivity contribution in [2.45, 2.75) is 0 Å². The SMILES string of the molecule is C(=C(/c1ccccc1)P(c1ccccc1)c1ccccc1)/P(c1ccccc1)c1ccccc1. The van der Waals surface area contributed by atoms with Gasteiger partial charge >= 0.3 is 0 Å². The van der Waals surface area contributed by atoms with Gasteiger partial charge in [0.15, 0.2) is 0 Å². The zero-order chi connectivity index (χ0) is 23.0. The molecule has 0 aliphatic heterocycles. The zero-order valence-corrected chi connectivity index (χ0v) is 20.7. The molecule has 0 aliphatic rings. The summed E-state index contributed by atoms with van der Waals surface area (Å²) in [5.41, 5.74) is 1.29. The van der Waals surface area contributed by atoms with Crippen LogP contribution in [0.2, 0.25) is 0 Å². The second kappa shape index (κ2) is 11.2. The van der Waals surface area contributed by atoms with Crippen LogP contribution in [0.15, 0.2) is 157 Å². The van der Waals surface area contributed by atoms with Crippen molar-refractivity contribution in [3.63, 3.8) is 0 Å². The van der Waals surface area contributed by atoms with Crippen LogP contribution in [0.4, 0.5) is 0 Å². The molecule has 0 spiro atoms. The van der Waals surface area contributed by atoms with Gasteiger partial charge in [0.2, 0.25) is 0 Å². The van der Waals surface area contributed by atoms with E-state index in [1.54, 1.807) is 0 Å². The van der Waals surface area contributed by atoms with Crippen molar-refractivity contribution in [3.8, 4) is 0 Å². The van der Waals surface area contributed by atoms with E-state index in [1.807, 2.05) is 0 Å². The second-order valence-corrected chi connectivity index (χ2v) is 12.1. The molecule has 0 nitrogen and oxygen atoms in total.